The quantitative estimate of drug-likeness (QED) is 0.898. The van der Waals surface area contributed by atoms with E-state index in [1.165, 1.54) is 0 Å². The Morgan fingerprint density at radius 2 is 2.05 bits per heavy atom. The minimum atomic E-state index is -0.207. The van der Waals surface area contributed by atoms with Gasteiger partial charge in [0, 0.05) is 18.0 Å². The second-order valence-corrected chi connectivity index (χ2v) is 4.41. The van der Waals surface area contributed by atoms with E-state index in [2.05, 4.69) is 15.0 Å². The molecule has 0 aliphatic carbocycles. The van der Waals surface area contributed by atoms with E-state index in [1.54, 1.807) is 17.0 Å². The summed E-state index contributed by atoms with van der Waals surface area (Å²) in [4.78, 5) is 23.1. The Morgan fingerprint density at radius 1 is 1.40 bits per heavy atom. The van der Waals surface area contributed by atoms with Crippen molar-refractivity contribution in [3.8, 4) is 5.95 Å². The number of aliphatic hydroxyl groups is 1. The number of imidazole rings is 1. The van der Waals surface area contributed by atoms with Crippen LogP contribution in [0.5, 0.6) is 0 Å². The van der Waals surface area contributed by atoms with E-state index in [9.17, 15) is 4.79 Å². The van der Waals surface area contributed by atoms with Crippen molar-refractivity contribution < 1.29 is 5.11 Å². The van der Waals surface area contributed by atoms with Gasteiger partial charge in [-0.25, -0.2) is 9.97 Å². The number of hydrogen-bond donors (Lipinski definition) is 2. The van der Waals surface area contributed by atoms with Crippen LogP contribution in [0, 0.1) is 6.92 Å². The van der Waals surface area contributed by atoms with Crippen LogP contribution in [0.1, 0.15) is 50.7 Å². The van der Waals surface area contributed by atoms with Crippen LogP contribution in [0.3, 0.4) is 0 Å². The maximum atomic E-state index is 12.0. The van der Waals surface area contributed by atoms with E-state index in [4.69, 9.17) is 5.11 Å². The molecule has 2 rings (SSSR count). The van der Waals surface area contributed by atoms with E-state index < -0.39 is 0 Å². The summed E-state index contributed by atoms with van der Waals surface area (Å²) in [7, 11) is 0. The number of nitrogens with one attached hydrogen (secondary N) is 1. The van der Waals surface area contributed by atoms with Crippen molar-refractivity contribution in [1.82, 2.24) is 19.5 Å². The summed E-state index contributed by atoms with van der Waals surface area (Å²) in [5.74, 6) is 0.939. The van der Waals surface area contributed by atoms with Gasteiger partial charge in [0.15, 0.2) is 0 Å². The summed E-state index contributed by atoms with van der Waals surface area (Å²) in [5.41, 5.74) is 1.23. The predicted octanol–water partition coefficient (Wildman–Crippen LogP) is 1.91. The summed E-state index contributed by atoms with van der Waals surface area (Å²) < 4.78 is 1.57. The maximum Gasteiger partial charge on any atom is 0.255 e. The van der Waals surface area contributed by atoms with Crippen molar-refractivity contribution in [2.45, 2.75) is 47.1 Å². The molecule has 2 aromatic rings. The average Bonchev–Trinajstić information content (AvgIpc) is 2.88. The van der Waals surface area contributed by atoms with Crippen molar-refractivity contribution in [3.63, 3.8) is 0 Å². The zero-order valence-corrected chi connectivity index (χ0v) is 12.6. The third-order valence-corrected chi connectivity index (χ3v) is 2.80. The van der Waals surface area contributed by atoms with Gasteiger partial charge in [-0.3, -0.25) is 14.3 Å². The van der Waals surface area contributed by atoms with Crippen LogP contribution in [0.2, 0.25) is 0 Å². The SMILES string of the molecule is CC.Cc1nc(-n2ccnc2CO)[nH]c(=O)c1C(C)C. The van der Waals surface area contributed by atoms with Crippen molar-refractivity contribution in [1.29, 1.82) is 0 Å². The molecular formula is C14H22N4O2. The molecule has 2 heterocycles. The lowest BCUT2D eigenvalue weighted by Gasteiger charge is -2.11. The molecule has 2 N–H and O–H groups in total. The van der Waals surface area contributed by atoms with Gasteiger partial charge in [0.25, 0.3) is 5.56 Å². The highest BCUT2D eigenvalue weighted by atomic mass is 16.3. The van der Waals surface area contributed by atoms with Crippen molar-refractivity contribution in [2.75, 3.05) is 0 Å². The van der Waals surface area contributed by atoms with E-state index >= 15 is 0 Å². The predicted molar refractivity (Wildman–Crippen MR) is 78.1 cm³/mol. The molecule has 0 bridgehead atoms. The standard InChI is InChI=1S/C12H16N4O2.C2H6/c1-7(2)10-8(3)14-12(15-11(10)18)16-5-4-13-9(16)6-17;1-2/h4-5,7,17H,6H2,1-3H3,(H,14,15,18);1-2H3. The monoisotopic (exact) mass is 278 g/mol. The Kier molecular flexibility index (Phi) is 5.64. The second-order valence-electron chi connectivity index (χ2n) is 4.41. The van der Waals surface area contributed by atoms with E-state index in [-0.39, 0.29) is 18.1 Å². The van der Waals surface area contributed by atoms with Crippen molar-refractivity contribution in [2.24, 2.45) is 0 Å². The van der Waals surface area contributed by atoms with Gasteiger partial charge in [0.05, 0.1) is 5.69 Å². The van der Waals surface area contributed by atoms with Gasteiger partial charge in [-0.15, -0.1) is 0 Å². The lowest BCUT2D eigenvalue weighted by Crippen LogP contribution is -2.21. The molecule has 0 radical (unpaired) electrons. The van der Waals surface area contributed by atoms with Crippen LogP contribution >= 0.6 is 0 Å². The first-order valence-corrected chi connectivity index (χ1v) is 6.79. The fraction of sp³-hybridized carbons (Fsp3) is 0.500. The molecule has 0 aliphatic heterocycles. The normalized spacial score (nSPS) is 10.3. The van der Waals surface area contributed by atoms with Crippen LogP contribution < -0.4 is 5.56 Å². The first kappa shape index (κ1) is 16.1. The van der Waals surface area contributed by atoms with Gasteiger partial charge >= 0.3 is 0 Å². The molecule has 0 atom stereocenters. The van der Waals surface area contributed by atoms with Crippen LogP contribution in [0.4, 0.5) is 0 Å². The third kappa shape index (κ3) is 3.14. The molecule has 6 heteroatoms. The Morgan fingerprint density at radius 3 is 2.55 bits per heavy atom. The highest BCUT2D eigenvalue weighted by molar-refractivity contribution is 5.25. The van der Waals surface area contributed by atoms with Crippen LogP contribution in [0.25, 0.3) is 5.95 Å². The Hall–Kier alpha value is -1.95. The lowest BCUT2D eigenvalue weighted by molar-refractivity contribution is 0.269. The highest BCUT2D eigenvalue weighted by Crippen LogP contribution is 2.13. The third-order valence-electron chi connectivity index (χ3n) is 2.80. The molecule has 20 heavy (non-hydrogen) atoms. The van der Waals surface area contributed by atoms with Gasteiger partial charge in [-0.1, -0.05) is 27.7 Å². The fourth-order valence-corrected chi connectivity index (χ4v) is 2.02. The number of nitrogens with zero attached hydrogens (tertiary/aromatic N) is 3. The largest absolute Gasteiger partial charge is 0.388 e. The average molecular weight is 278 g/mol. The minimum Gasteiger partial charge on any atom is -0.388 e. The number of aliphatic hydroxyl groups excluding tert-OH is 1. The van der Waals surface area contributed by atoms with Crippen LogP contribution in [0.15, 0.2) is 17.2 Å². The minimum absolute atomic E-state index is 0.121. The van der Waals surface area contributed by atoms with Crippen LogP contribution in [-0.2, 0) is 6.61 Å². The lowest BCUT2D eigenvalue weighted by atomic mass is 10.0. The Labute approximate surface area is 118 Å². The van der Waals surface area contributed by atoms with Crippen molar-refractivity contribution in [3.05, 3.63) is 39.8 Å². The van der Waals surface area contributed by atoms with Gasteiger partial charge < -0.3 is 5.11 Å². The van der Waals surface area contributed by atoms with Gasteiger partial charge in [-0.05, 0) is 12.8 Å². The van der Waals surface area contributed by atoms with Crippen LogP contribution in [-0.4, -0.2) is 24.6 Å². The summed E-state index contributed by atoms with van der Waals surface area (Å²) in [6.07, 6.45) is 3.20. The summed E-state index contributed by atoms with van der Waals surface area (Å²) >= 11 is 0. The van der Waals surface area contributed by atoms with Gasteiger partial charge in [-0.2, -0.15) is 0 Å². The molecule has 110 valence electrons. The maximum absolute atomic E-state index is 12.0. The zero-order valence-electron chi connectivity index (χ0n) is 12.6. The molecule has 0 saturated carbocycles. The first-order valence-electron chi connectivity index (χ1n) is 6.79. The second kappa shape index (κ2) is 7.00. The molecule has 2 aromatic heterocycles. The smallest absolute Gasteiger partial charge is 0.255 e. The number of aromatic nitrogens is 4. The summed E-state index contributed by atoms with van der Waals surface area (Å²) in [6.45, 7) is 9.51. The Bertz CT molecular complexity index is 614. The number of hydrogen-bond acceptors (Lipinski definition) is 4. The first-order chi connectivity index (χ1) is 9.54. The molecule has 0 amide bonds. The number of H-pyrrole nitrogens is 1. The van der Waals surface area contributed by atoms with Crippen molar-refractivity contribution >= 4 is 0 Å². The molecule has 0 unspecified atom stereocenters. The fourth-order valence-electron chi connectivity index (χ4n) is 2.02. The molecule has 6 nitrogen and oxygen atoms in total. The topological polar surface area (TPSA) is 83.8 Å². The van der Waals surface area contributed by atoms with Gasteiger partial charge in [0.2, 0.25) is 5.95 Å². The number of aryl methyl sites for hydroxylation is 1. The molecule has 0 aliphatic rings. The number of aromatic amines is 1. The number of rotatable bonds is 3. The zero-order chi connectivity index (χ0) is 15.3. The molecular weight excluding hydrogens is 256 g/mol. The molecule has 0 saturated heterocycles. The van der Waals surface area contributed by atoms with E-state index in [0.29, 0.717) is 23.0 Å². The molecule has 0 spiro atoms. The molecule has 0 aromatic carbocycles. The highest BCUT2D eigenvalue weighted by Gasteiger charge is 2.13. The van der Waals surface area contributed by atoms with Gasteiger partial charge in [0.1, 0.15) is 12.4 Å². The summed E-state index contributed by atoms with van der Waals surface area (Å²) in [6, 6.07) is 0. The van der Waals surface area contributed by atoms with E-state index in [0.717, 1.165) is 0 Å². The molecule has 0 fully saturated rings. The Balaban J connectivity index is 0.000000956. The summed E-state index contributed by atoms with van der Waals surface area (Å²) in [5, 5.41) is 9.15. The van der Waals surface area contributed by atoms with E-state index in [1.807, 2.05) is 34.6 Å².